The number of rotatable bonds is 2. The largest absolute Gasteiger partial charge is 0.497 e. The van der Waals surface area contributed by atoms with E-state index in [2.05, 4.69) is 6.07 Å². The lowest BCUT2D eigenvalue weighted by Gasteiger charge is -2.37. The third kappa shape index (κ3) is 4.37. The molecular weight excluding hydrogens is 280 g/mol. The molecule has 0 saturated carbocycles. The first-order valence-electron chi connectivity index (χ1n) is 7.66. The minimum Gasteiger partial charge on any atom is -0.497 e. The SMILES string of the molecule is COc1cccc([C@@H]2C[C@@H](N)CN(C(=O)OC(C)(C)C)C2)c1. The van der Waals surface area contributed by atoms with Gasteiger partial charge in [0.2, 0.25) is 0 Å². The Morgan fingerprint density at radius 1 is 1.32 bits per heavy atom. The van der Waals surface area contributed by atoms with Gasteiger partial charge in [-0.05, 0) is 44.9 Å². The minimum absolute atomic E-state index is 0.0440. The van der Waals surface area contributed by atoms with Crippen LogP contribution in [0.15, 0.2) is 24.3 Å². The Balaban J connectivity index is 2.12. The van der Waals surface area contributed by atoms with Crippen LogP contribution in [0.2, 0.25) is 0 Å². The van der Waals surface area contributed by atoms with E-state index in [4.69, 9.17) is 15.2 Å². The summed E-state index contributed by atoms with van der Waals surface area (Å²) >= 11 is 0. The molecule has 1 saturated heterocycles. The van der Waals surface area contributed by atoms with Gasteiger partial charge in [0.05, 0.1) is 7.11 Å². The van der Waals surface area contributed by atoms with Gasteiger partial charge in [-0.1, -0.05) is 12.1 Å². The molecule has 0 bridgehead atoms. The van der Waals surface area contributed by atoms with Gasteiger partial charge in [0.25, 0.3) is 0 Å². The zero-order chi connectivity index (χ0) is 16.3. The molecule has 22 heavy (non-hydrogen) atoms. The van der Waals surface area contributed by atoms with Crippen LogP contribution in [0.3, 0.4) is 0 Å². The van der Waals surface area contributed by atoms with Crippen molar-refractivity contribution in [2.24, 2.45) is 5.73 Å². The molecular formula is C17H26N2O3. The number of hydrogen-bond donors (Lipinski definition) is 1. The van der Waals surface area contributed by atoms with Crippen molar-refractivity contribution in [1.82, 2.24) is 4.90 Å². The predicted molar refractivity (Wildman–Crippen MR) is 86.1 cm³/mol. The average Bonchev–Trinajstić information content (AvgIpc) is 2.45. The second-order valence-electron chi connectivity index (χ2n) is 6.85. The van der Waals surface area contributed by atoms with Crippen LogP contribution in [0.25, 0.3) is 0 Å². The third-order valence-electron chi connectivity index (χ3n) is 3.70. The molecule has 2 rings (SSSR count). The number of methoxy groups -OCH3 is 1. The summed E-state index contributed by atoms with van der Waals surface area (Å²) in [5, 5.41) is 0. The Labute approximate surface area is 132 Å². The van der Waals surface area contributed by atoms with Crippen molar-refractivity contribution in [3.05, 3.63) is 29.8 Å². The van der Waals surface area contributed by atoms with E-state index in [0.29, 0.717) is 13.1 Å². The van der Waals surface area contributed by atoms with Gasteiger partial charge in [-0.25, -0.2) is 4.79 Å². The van der Waals surface area contributed by atoms with Crippen LogP contribution in [0.5, 0.6) is 5.75 Å². The second-order valence-corrected chi connectivity index (χ2v) is 6.85. The number of ether oxygens (including phenoxy) is 2. The number of nitrogens with zero attached hydrogens (tertiary/aromatic N) is 1. The summed E-state index contributed by atoms with van der Waals surface area (Å²) < 4.78 is 10.7. The molecule has 0 aliphatic carbocycles. The molecule has 1 fully saturated rings. The number of benzene rings is 1. The Hall–Kier alpha value is -1.75. The predicted octanol–water partition coefficient (Wildman–Crippen LogP) is 2.75. The van der Waals surface area contributed by atoms with Crippen molar-refractivity contribution < 1.29 is 14.3 Å². The number of nitrogens with two attached hydrogens (primary N) is 1. The minimum atomic E-state index is -0.496. The summed E-state index contributed by atoms with van der Waals surface area (Å²) in [6, 6.07) is 7.90. The maximum Gasteiger partial charge on any atom is 0.410 e. The first-order chi connectivity index (χ1) is 10.3. The highest BCUT2D eigenvalue weighted by Crippen LogP contribution is 2.29. The number of carbonyl (C=O) groups excluding carboxylic acids is 1. The summed E-state index contributed by atoms with van der Waals surface area (Å²) in [4.78, 5) is 14.0. The molecule has 1 aliphatic heterocycles. The molecule has 1 amide bonds. The Bertz CT molecular complexity index is 525. The van der Waals surface area contributed by atoms with E-state index in [0.717, 1.165) is 17.7 Å². The summed E-state index contributed by atoms with van der Waals surface area (Å²) in [6.07, 6.45) is 0.558. The topological polar surface area (TPSA) is 64.8 Å². The summed E-state index contributed by atoms with van der Waals surface area (Å²) in [6.45, 7) is 6.77. The van der Waals surface area contributed by atoms with Gasteiger partial charge >= 0.3 is 6.09 Å². The lowest BCUT2D eigenvalue weighted by Crippen LogP contribution is -2.50. The van der Waals surface area contributed by atoms with Gasteiger partial charge in [-0.2, -0.15) is 0 Å². The number of amides is 1. The maximum atomic E-state index is 12.3. The average molecular weight is 306 g/mol. The maximum absolute atomic E-state index is 12.3. The van der Waals surface area contributed by atoms with Gasteiger partial charge in [-0.3, -0.25) is 0 Å². The van der Waals surface area contributed by atoms with Crippen molar-refractivity contribution in [1.29, 1.82) is 0 Å². The summed E-state index contributed by atoms with van der Waals surface area (Å²) in [7, 11) is 1.65. The number of carbonyl (C=O) groups is 1. The Morgan fingerprint density at radius 3 is 2.68 bits per heavy atom. The molecule has 122 valence electrons. The highest BCUT2D eigenvalue weighted by molar-refractivity contribution is 5.68. The van der Waals surface area contributed by atoms with Crippen molar-refractivity contribution in [2.75, 3.05) is 20.2 Å². The Kier molecular flexibility index (Phi) is 4.96. The monoisotopic (exact) mass is 306 g/mol. The first kappa shape index (κ1) is 16.6. The highest BCUT2D eigenvalue weighted by atomic mass is 16.6. The standard InChI is InChI=1S/C17H26N2O3/c1-17(2,3)22-16(20)19-10-13(8-14(18)11-19)12-6-5-7-15(9-12)21-4/h5-7,9,13-14H,8,10-11,18H2,1-4H3/t13-,14-/m1/s1. The Morgan fingerprint density at radius 2 is 2.05 bits per heavy atom. The molecule has 1 aromatic rings. The third-order valence-corrected chi connectivity index (χ3v) is 3.70. The molecule has 1 aromatic carbocycles. The van der Waals surface area contributed by atoms with E-state index >= 15 is 0 Å². The number of hydrogen-bond acceptors (Lipinski definition) is 4. The van der Waals surface area contributed by atoms with E-state index in [1.165, 1.54) is 0 Å². The molecule has 0 aromatic heterocycles. The lowest BCUT2D eigenvalue weighted by molar-refractivity contribution is 0.0181. The van der Waals surface area contributed by atoms with Crippen molar-refractivity contribution in [2.45, 2.75) is 44.8 Å². The number of piperidine rings is 1. The normalized spacial score (nSPS) is 22.3. The van der Waals surface area contributed by atoms with Crippen LogP contribution in [-0.4, -0.2) is 42.8 Å². The summed E-state index contributed by atoms with van der Waals surface area (Å²) in [5.74, 6) is 1.02. The van der Waals surface area contributed by atoms with Crippen molar-refractivity contribution >= 4 is 6.09 Å². The molecule has 2 atom stereocenters. The fraction of sp³-hybridized carbons (Fsp3) is 0.588. The number of likely N-dealkylation sites (tertiary alicyclic amines) is 1. The van der Waals surface area contributed by atoms with E-state index in [9.17, 15) is 4.79 Å². The second kappa shape index (κ2) is 6.57. The fourth-order valence-electron chi connectivity index (χ4n) is 2.75. The van der Waals surface area contributed by atoms with Crippen LogP contribution in [0.1, 0.15) is 38.7 Å². The van der Waals surface area contributed by atoms with Crippen molar-refractivity contribution in [3.63, 3.8) is 0 Å². The van der Waals surface area contributed by atoms with Gasteiger partial charge in [0, 0.05) is 25.0 Å². The molecule has 5 nitrogen and oxygen atoms in total. The van der Waals surface area contributed by atoms with Crippen LogP contribution in [-0.2, 0) is 4.74 Å². The van der Waals surface area contributed by atoms with E-state index in [1.807, 2.05) is 39.0 Å². The molecule has 1 heterocycles. The van der Waals surface area contributed by atoms with E-state index < -0.39 is 5.60 Å². The van der Waals surface area contributed by atoms with E-state index in [1.54, 1.807) is 12.0 Å². The van der Waals surface area contributed by atoms with Crippen LogP contribution in [0, 0.1) is 0 Å². The lowest BCUT2D eigenvalue weighted by atomic mass is 9.88. The quantitative estimate of drug-likeness (QED) is 0.912. The summed E-state index contributed by atoms with van der Waals surface area (Å²) in [5.41, 5.74) is 6.79. The van der Waals surface area contributed by atoms with Gasteiger partial charge in [0.1, 0.15) is 11.4 Å². The highest BCUT2D eigenvalue weighted by Gasteiger charge is 2.31. The molecule has 5 heteroatoms. The van der Waals surface area contributed by atoms with Gasteiger partial charge in [0.15, 0.2) is 0 Å². The first-order valence-corrected chi connectivity index (χ1v) is 7.66. The molecule has 2 N–H and O–H groups in total. The van der Waals surface area contributed by atoms with Gasteiger partial charge < -0.3 is 20.1 Å². The zero-order valence-corrected chi connectivity index (χ0v) is 13.8. The molecule has 0 unspecified atom stereocenters. The van der Waals surface area contributed by atoms with E-state index in [-0.39, 0.29) is 18.1 Å². The molecule has 0 spiro atoms. The fourth-order valence-corrected chi connectivity index (χ4v) is 2.75. The van der Waals surface area contributed by atoms with Crippen molar-refractivity contribution in [3.8, 4) is 5.75 Å². The van der Waals surface area contributed by atoms with Crippen LogP contribution >= 0.6 is 0 Å². The molecule has 0 radical (unpaired) electrons. The zero-order valence-electron chi connectivity index (χ0n) is 13.8. The van der Waals surface area contributed by atoms with Gasteiger partial charge in [-0.15, -0.1) is 0 Å². The van der Waals surface area contributed by atoms with Crippen LogP contribution in [0.4, 0.5) is 4.79 Å². The van der Waals surface area contributed by atoms with Crippen LogP contribution < -0.4 is 10.5 Å². The smallest absolute Gasteiger partial charge is 0.410 e. The molecule has 1 aliphatic rings.